The molecule has 0 spiro atoms. The second-order valence-corrected chi connectivity index (χ2v) is 19.3. The fourth-order valence-electron chi connectivity index (χ4n) is 6.98. The maximum Gasteiger partial charge on any atom is 0.333 e. The van der Waals surface area contributed by atoms with Crippen LogP contribution in [0.15, 0.2) is 77.4 Å². The number of carbonyl (C=O) groups is 3. The molecule has 0 radical (unpaired) electrons. The number of rotatable bonds is 19. The number of fused-ring (bicyclic) bond motifs is 2. The lowest BCUT2D eigenvalue weighted by Gasteiger charge is -2.31. The van der Waals surface area contributed by atoms with E-state index in [0.29, 0.717) is 54.2 Å². The van der Waals surface area contributed by atoms with Gasteiger partial charge >= 0.3 is 5.97 Å². The van der Waals surface area contributed by atoms with E-state index in [1.54, 1.807) is 29.2 Å². The van der Waals surface area contributed by atoms with Gasteiger partial charge in [-0.15, -0.1) is 5.06 Å². The van der Waals surface area contributed by atoms with E-state index in [9.17, 15) is 53.3 Å². The van der Waals surface area contributed by atoms with Gasteiger partial charge in [-0.3, -0.25) is 9.59 Å². The molecule has 0 bridgehead atoms. The number of allylic oxidation sites excluding steroid dienone is 5. The topological polar surface area (TPSA) is 301 Å². The molecule has 412 valence electrons. The first kappa shape index (κ1) is 80.4. The third-order valence-corrected chi connectivity index (χ3v) is 13.2. The molecule has 2 aliphatic heterocycles. The van der Waals surface area contributed by atoms with Gasteiger partial charge in [-0.2, -0.15) is 4.57 Å². The highest BCUT2D eigenvalue weighted by atomic mass is 32.2. The molecule has 4 N–H and O–H groups in total. The number of nitrogens with zero attached hydrogens (tertiary/aromatic N) is 3. The van der Waals surface area contributed by atoms with E-state index in [1.807, 2.05) is 69.5 Å². The smallest absolute Gasteiger partial charge is 0.333 e. The molecule has 1 unspecified atom stereocenters. The minimum absolute atomic E-state index is 0. The van der Waals surface area contributed by atoms with Crippen LogP contribution in [0.3, 0.4) is 0 Å². The third kappa shape index (κ3) is 23.6. The van der Waals surface area contributed by atoms with E-state index in [0.717, 1.165) is 15.2 Å². The number of amides is 2. The van der Waals surface area contributed by atoms with Crippen LogP contribution in [0.5, 0.6) is 0 Å². The largest absolute Gasteiger partial charge is 0.748 e. The molecule has 2 aromatic carbocycles. The summed E-state index contributed by atoms with van der Waals surface area (Å²) in [5, 5.41) is 6.78. The summed E-state index contributed by atoms with van der Waals surface area (Å²) < 4.78 is 108. The van der Waals surface area contributed by atoms with Crippen LogP contribution in [0.25, 0.3) is 16.3 Å². The molecular formula is C49H87N5O13S4-2. The maximum absolute atomic E-state index is 12.4. The van der Waals surface area contributed by atoms with Crippen LogP contribution in [-0.2, 0) is 61.5 Å². The first-order valence-corrected chi connectivity index (χ1v) is 25.8. The highest BCUT2D eigenvalue weighted by Gasteiger charge is 2.43. The molecule has 2 amide bonds. The van der Waals surface area contributed by atoms with Crippen LogP contribution in [0.4, 0.5) is 5.69 Å². The Labute approximate surface area is 432 Å². The maximum atomic E-state index is 12.4. The summed E-state index contributed by atoms with van der Waals surface area (Å²) in [5.74, 6) is -3.06. The van der Waals surface area contributed by atoms with Crippen LogP contribution in [-0.4, -0.2) is 86.5 Å². The van der Waals surface area contributed by atoms with E-state index in [2.05, 4.69) is 6.72 Å². The number of carbonyl (C=O) groups excluding carboxylic acids is 3. The molecule has 71 heavy (non-hydrogen) atoms. The first-order valence-electron chi connectivity index (χ1n) is 20.4. The van der Waals surface area contributed by atoms with Crippen molar-refractivity contribution in [3.05, 3.63) is 83.0 Å². The molecule has 2 aliphatic rings. The number of hydroxylamine groups is 2. The number of thiazole rings is 1. The van der Waals surface area contributed by atoms with Gasteiger partial charge in [0.05, 0.1) is 25.1 Å². The van der Waals surface area contributed by atoms with Gasteiger partial charge in [0.15, 0.2) is 6.54 Å². The molecule has 3 heterocycles. The lowest BCUT2D eigenvalue weighted by molar-refractivity contribution is -0.668. The summed E-state index contributed by atoms with van der Waals surface area (Å²) in [7, 11) is -13.8. The molecule has 1 fully saturated rings. The summed E-state index contributed by atoms with van der Waals surface area (Å²) in [4.78, 5) is 42.3. The number of unbranched alkanes of at least 4 members (excludes halogenated alkanes) is 2. The molecule has 1 aromatic heterocycles. The van der Waals surface area contributed by atoms with Crippen molar-refractivity contribution in [3.63, 3.8) is 0 Å². The Morgan fingerprint density at radius 1 is 0.789 bits per heavy atom. The fourth-order valence-corrected chi connectivity index (χ4v) is 9.54. The number of anilines is 1. The highest BCUT2D eigenvalue weighted by Crippen LogP contribution is 2.51. The Balaban J connectivity index is -0.000000563. The zero-order valence-electron chi connectivity index (χ0n) is 36.8. The minimum atomic E-state index is -4.86. The Morgan fingerprint density at radius 2 is 1.34 bits per heavy atom. The molecule has 22 heteroatoms. The fraction of sp³-hybridized carbons (Fsp3) is 0.531. The summed E-state index contributed by atoms with van der Waals surface area (Å²) in [5.41, 5.74) is 1.59. The van der Waals surface area contributed by atoms with Crippen LogP contribution >= 0.6 is 11.3 Å². The highest BCUT2D eigenvalue weighted by molar-refractivity contribution is 7.86. The van der Waals surface area contributed by atoms with Gasteiger partial charge in [-0.25, -0.2) is 30.0 Å². The quantitative estimate of drug-likeness (QED) is 0.0282. The van der Waals surface area contributed by atoms with Gasteiger partial charge in [-0.1, -0.05) is 134 Å². The van der Waals surface area contributed by atoms with Gasteiger partial charge in [-0.05, 0) is 68.8 Å². The van der Waals surface area contributed by atoms with E-state index in [4.69, 9.17) is 10.2 Å². The van der Waals surface area contributed by atoms with Crippen LogP contribution in [0.2, 0.25) is 0 Å². The zero-order valence-corrected chi connectivity index (χ0v) is 40.1. The lowest BCUT2D eigenvalue weighted by Crippen LogP contribution is -2.35. The van der Waals surface area contributed by atoms with Crippen LogP contribution < -0.4 is 15.6 Å². The van der Waals surface area contributed by atoms with Gasteiger partial charge in [0, 0.05) is 72.7 Å². The van der Waals surface area contributed by atoms with E-state index < -0.39 is 70.0 Å². The van der Waals surface area contributed by atoms with Gasteiger partial charge in [0.1, 0.15) is 14.8 Å². The van der Waals surface area contributed by atoms with E-state index >= 15 is 0 Å². The molecule has 5 rings (SSSR count). The van der Waals surface area contributed by atoms with Crippen LogP contribution in [0.1, 0.15) is 155 Å². The number of benzene rings is 2. The second kappa shape index (κ2) is 37.1. The Kier molecular flexibility index (Phi) is 42.0. The molecule has 3 aromatic rings. The number of aryl methyl sites for hydroxylation is 1. The third-order valence-electron chi connectivity index (χ3n) is 9.66. The number of imide groups is 1. The van der Waals surface area contributed by atoms with Crippen molar-refractivity contribution in [1.82, 2.24) is 11.2 Å². The number of aromatic nitrogens is 1. The summed E-state index contributed by atoms with van der Waals surface area (Å²) in [6.07, 6.45) is 10.5. The monoisotopic (exact) mass is 1080 g/mol. The number of nitrogens with one attached hydrogen (secondary N) is 1. The molecule has 18 nitrogen and oxygen atoms in total. The Bertz CT molecular complexity index is 2470. The summed E-state index contributed by atoms with van der Waals surface area (Å²) >= 11 is 1.47. The molecule has 0 saturated carbocycles. The lowest BCUT2D eigenvalue weighted by atomic mass is 9.77. The molecule has 1 atom stereocenters. The average Bonchev–Trinajstić information content (AvgIpc) is 3.83. The predicted octanol–water partition coefficient (Wildman–Crippen LogP) is 10.7. The van der Waals surface area contributed by atoms with E-state index in [1.165, 1.54) is 29.5 Å². The summed E-state index contributed by atoms with van der Waals surface area (Å²) in [6, 6.07) is 11.5. The van der Waals surface area contributed by atoms with Crippen molar-refractivity contribution >= 4 is 88.2 Å². The first-order chi connectivity index (χ1) is 29.8. The van der Waals surface area contributed by atoms with Crippen molar-refractivity contribution in [3.8, 4) is 0 Å². The van der Waals surface area contributed by atoms with Crippen molar-refractivity contribution in [2.45, 2.75) is 161 Å². The average molecular weight is 1080 g/mol. The number of para-hydroxylation sites is 1. The second-order valence-electron chi connectivity index (χ2n) is 13.8. The Morgan fingerprint density at radius 3 is 1.89 bits per heavy atom. The van der Waals surface area contributed by atoms with Gasteiger partial charge in [0.2, 0.25) is 5.52 Å². The summed E-state index contributed by atoms with van der Waals surface area (Å²) in [6.45, 7) is 12.7. The van der Waals surface area contributed by atoms with Crippen molar-refractivity contribution in [2.24, 2.45) is 0 Å². The van der Waals surface area contributed by atoms with Crippen molar-refractivity contribution < 1.29 is 62.7 Å². The molecule has 1 saturated heterocycles. The minimum Gasteiger partial charge on any atom is -0.748 e. The number of hydrogen-bond acceptors (Lipinski definition) is 17. The number of hydrogen-bond donors (Lipinski definition) is 2. The van der Waals surface area contributed by atoms with Crippen molar-refractivity contribution in [2.75, 3.05) is 23.0 Å². The normalized spacial score (nSPS) is 15.1. The SMILES string of the molecule is C.C.C.C.C.C.C.C=N.CC.CC.CC1(CCCCCC(=O)ON2C(=O)CCC2=O)/C(=C/C=C/C=C/c2sc3ccccc3[n+]2CCCS(=O)(=O)[O-])N(CCCS(=O)(=O)[O-])c2ccc(S(=O)(=O)[O-])cc21.N. The standard InChI is InChI=1S/C37H43N3O13S4.2C2H6.CH3N.7CH4.H3N/c1-37(21-9-3-6-16-36(43)53-40-33(41)19-20-34(40)42)28-26-27(57(50,51)52)17-18-29(28)38(22-10-24-55(44,45)46)32(37)14-4-2-5-15-35-39(23-11-25-56(47,48)49)30-12-7-8-13-31(30)54-35;3*1-2;;;;;;;;/h2,4-5,7-8,12-15,17-18,26H,3,6,9-11,16,19-25H2,1H3,(H2-,44,45,46,47,48,49,50,51,52);2*1-2H3;2H,1H2;7*1H4;1H3/p-2. The van der Waals surface area contributed by atoms with Gasteiger partial charge < -0.3 is 35.0 Å². The molecule has 0 aliphatic carbocycles. The predicted molar refractivity (Wildman–Crippen MR) is 291 cm³/mol. The van der Waals surface area contributed by atoms with Crippen molar-refractivity contribution in [1.29, 1.82) is 5.41 Å². The molecular weight excluding hydrogens is 995 g/mol. The van der Waals surface area contributed by atoms with E-state index in [-0.39, 0.29) is 96.8 Å². The Hall–Kier alpha value is -4.68. The van der Waals surface area contributed by atoms with Gasteiger partial charge in [0.25, 0.3) is 16.8 Å². The van der Waals surface area contributed by atoms with Crippen LogP contribution in [0, 0.1) is 5.41 Å². The zero-order chi connectivity index (χ0) is 47.6.